The quantitative estimate of drug-likeness (QED) is 0.126. The van der Waals surface area contributed by atoms with Crippen LogP contribution in [0.3, 0.4) is 0 Å². The molecule has 5 N–H and O–H groups in total. The Morgan fingerprint density at radius 1 is 0.513 bits per heavy atom. The highest BCUT2D eigenvalue weighted by molar-refractivity contribution is 5.73. The summed E-state index contributed by atoms with van der Waals surface area (Å²) < 4.78 is 0. The first-order chi connectivity index (χ1) is 18.3. The standard InChI is InChI=1S/C23H42N6O10/c1-24-2-4-25(8-12-28(15-20(32)33)16-21(34)35)6-10-27(14-19(30)31)11-7-26(5-3-24)9-13-29(17-22(36)37)18-23(38)39/h2-18H2,1H3,(H,30,31)(H,32,33)(H,34,35)(H,36,37)(H,38,39). The first-order valence-corrected chi connectivity index (χ1v) is 12.7. The predicted octanol–water partition coefficient (Wildman–Crippen LogP) is -3.14. The second kappa shape index (κ2) is 18.4. The predicted molar refractivity (Wildman–Crippen MR) is 138 cm³/mol. The Morgan fingerprint density at radius 2 is 0.821 bits per heavy atom. The lowest BCUT2D eigenvalue weighted by molar-refractivity contribution is -0.143. The van der Waals surface area contributed by atoms with Crippen LogP contribution in [-0.2, 0) is 24.0 Å². The zero-order valence-corrected chi connectivity index (χ0v) is 22.5. The summed E-state index contributed by atoms with van der Waals surface area (Å²) in [5, 5.41) is 45.7. The summed E-state index contributed by atoms with van der Waals surface area (Å²) in [6, 6.07) is 0. The van der Waals surface area contributed by atoms with Gasteiger partial charge in [-0.2, -0.15) is 0 Å². The largest absolute Gasteiger partial charge is 0.480 e. The third-order valence-electron chi connectivity index (χ3n) is 6.32. The molecule has 1 saturated heterocycles. The molecule has 0 atom stereocenters. The van der Waals surface area contributed by atoms with Crippen LogP contribution in [0.15, 0.2) is 0 Å². The minimum atomic E-state index is -1.11. The Bertz CT molecular complexity index is 728. The Balaban J connectivity index is 2.86. The number of likely N-dealkylation sites (N-methyl/N-ethyl adjacent to an activating group) is 1. The molecule has 0 amide bonds. The third-order valence-corrected chi connectivity index (χ3v) is 6.32. The van der Waals surface area contributed by atoms with Crippen molar-refractivity contribution >= 4 is 29.8 Å². The third kappa shape index (κ3) is 17.3. The van der Waals surface area contributed by atoms with Crippen LogP contribution in [0.2, 0.25) is 0 Å². The molecule has 16 heteroatoms. The zero-order chi connectivity index (χ0) is 29.4. The van der Waals surface area contributed by atoms with E-state index in [1.54, 1.807) is 4.90 Å². The fourth-order valence-electron chi connectivity index (χ4n) is 4.19. The van der Waals surface area contributed by atoms with Gasteiger partial charge in [0.25, 0.3) is 0 Å². The Hall–Kier alpha value is -2.89. The van der Waals surface area contributed by atoms with E-state index < -0.39 is 56.0 Å². The van der Waals surface area contributed by atoms with Crippen LogP contribution < -0.4 is 0 Å². The molecule has 1 aliphatic heterocycles. The van der Waals surface area contributed by atoms with Gasteiger partial charge in [-0.3, -0.25) is 48.5 Å². The average Bonchev–Trinajstić information content (AvgIpc) is 2.79. The van der Waals surface area contributed by atoms with Crippen molar-refractivity contribution in [3.8, 4) is 0 Å². The SMILES string of the molecule is CN1CCN(CCN(CC(=O)O)CC(=O)O)CCN(CC(=O)O)CCN(CCN(CC(=O)O)CC(=O)O)CC1. The van der Waals surface area contributed by atoms with Gasteiger partial charge in [-0.05, 0) is 7.05 Å². The number of carboxylic acids is 5. The van der Waals surface area contributed by atoms with Gasteiger partial charge in [-0.15, -0.1) is 0 Å². The lowest BCUT2D eigenvalue weighted by Crippen LogP contribution is -2.49. The lowest BCUT2D eigenvalue weighted by atomic mass is 10.3. The number of hydrogen-bond donors (Lipinski definition) is 5. The monoisotopic (exact) mass is 562 g/mol. The van der Waals surface area contributed by atoms with Gasteiger partial charge < -0.3 is 30.4 Å². The normalized spacial score (nSPS) is 17.5. The van der Waals surface area contributed by atoms with E-state index in [0.29, 0.717) is 65.4 Å². The zero-order valence-electron chi connectivity index (χ0n) is 22.5. The van der Waals surface area contributed by atoms with Gasteiger partial charge in [-0.1, -0.05) is 0 Å². The summed E-state index contributed by atoms with van der Waals surface area (Å²) in [7, 11) is 1.95. The van der Waals surface area contributed by atoms with E-state index in [1.165, 1.54) is 9.80 Å². The highest BCUT2D eigenvalue weighted by Gasteiger charge is 2.20. The van der Waals surface area contributed by atoms with E-state index in [2.05, 4.69) is 14.7 Å². The smallest absolute Gasteiger partial charge is 0.317 e. The molecular formula is C23H42N6O10. The Kier molecular flexibility index (Phi) is 16.1. The number of aliphatic carboxylic acids is 5. The van der Waals surface area contributed by atoms with E-state index in [0.717, 1.165) is 0 Å². The molecule has 0 bridgehead atoms. The minimum absolute atomic E-state index is 0.185. The molecule has 224 valence electrons. The first kappa shape index (κ1) is 34.1. The van der Waals surface area contributed by atoms with Gasteiger partial charge in [0.05, 0.1) is 32.7 Å². The molecule has 16 nitrogen and oxygen atoms in total. The van der Waals surface area contributed by atoms with E-state index in [1.807, 2.05) is 7.05 Å². The molecule has 0 aromatic rings. The lowest BCUT2D eigenvalue weighted by Gasteiger charge is -2.34. The molecule has 0 spiro atoms. The van der Waals surface area contributed by atoms with E-state index >= 15 is 0 Å². The van der Waals surface area contributed by atoms with Crippen molar-refractivity contribution in [3.63, 3.8) is 0 Å². The summed E-state index contributed by atoms with van der Waals surface area (Å²) in [4.78, 5) is 66.6. The van der Waals surface area contributed by atoms with Crippen LogP contribution in [0.1, 0.15) is 0 Å². The summed E-state index contributed by atoms with van der Waals surface area (Å²) in [6.45, 7) is 3.94. The summed E-state index contributed by atoms with van der Waals surface area (Å²) in [5.41, 5.74) is 0. The van der Waals surface area contributed by atoms with Gasteiger partial charge in [0, 0.05) is 78.5 Å². The van der Waals surface area contributed by atoms with Crippen LogP contribution >= 0.6 is 0 Å². The number of rotatable bonds is 16. The summed E-state index contributed by atoms with van der Waals surface area (Å²) >= 11 is 0. The molecule has 1 heterocycles. The molecule has 0 saturated carbocycles. The maximum atomic E-state index is 11.5. The van der Waals surface area contributed by atoms with Gasteiger partial charge in [0.1, 0.15) is 0 Å². The fourth-order valence-corrected chi connectivity index (χ4v) is 4.19. The molecule has 39 heavy (non-hydrogen) atoms. The highest BCUT2D eigenvalue weighted by Crippen LogP contribution is 2.02. The maximum Gasteiger partial charge on any atom is 0.317 e. The van der Waals surface area contributed by atoms with Gasteiger partial charge in [0.15, 0.2) is 0 Å². The van der Waals surface area contributed by atoms with Gasteiger partial charge >= 0.3 is 29.8 Å². The topological polar surface area (TPSA) is 206 Å². The number of carboxylic acid groups (broad SMARTS) is 5. The molecule has 1 rings (SSSR count). The maximum absolute atomic E-state index is 11.5. The van der Waals surface area contributed by atoms with Crippen molar-refractivity contribution in [1.29, 1.82) is 0 Å². The second-order valence-corrected chi connectivity index (χ2v) is 9.65. The van der Waals surface area contributed by atoms with Crippen LogP contribution in [0.4, 0.5) is 0 Å². The summed E-state index contributed by atoms with van der Waals surface area (Å²) in [5.74, 6) is -5.44. The van der Waals surface area contributed by atoms with Crippen LogP contribution in [0, 0.1) is 0 Å². The Morgan fingerprint density at radius 3 is 1.13 bits per heavy atom. The fraction of sp³-hybridized carbons (Fsp3) is 0.783. The average molecular weight is 563 g/mol. The molecule has 0 unspecified atom stereocenters. The van der Waals surface area contributed by atoms with E-state index in [9.17, 15) is 29.1 Å². The van der Waals surface area contributed by atoms with E-state index in [4.69, 9.17) is 20.4 Å². The van der Waals surface area contributed by atoms with E-state index in [-0.39, 0.29) is 19.6 Å². The molecular weight excluding hydrogens is 520 g/mol. The van der Waals surface area contributed by atoms with Crippen molar-refractivity contribution in [2.24, 2.45) is 0 Å². The van der Waals surface area contributed by atoms with Crippen molar-refractivity contribution in [3.05, 3.63) is 0 Å². The first-order valence-electron chi connectivity index (χ1n) is 12.7. The molecule has 0 aromatic heterocycles. The molecule has 0 aromatic carbocycles. The molecule has 0 radical (unpaired) electrons. The molecule has 0 aliphatic carbocycles. The number of hydrogen-bond acceptors (Lipinski definition) is 11. The number of carbonyl (C=O) groups is 5. The highest BCUT2D eigenvalue weighted by atomic mass is 16.4. The minimum Gasteiger partial charge on any atom is -0.480 e. The van der Waals surface area contributed by atoms with Crippen LogP contribution in [-0.4, -0.2) is 203 Å². The second-order valence-electron chi connectivity index (χ2n) is 9.65. The van der Waals surface area contributed by atoms with Gasteiger partial charge in [0.2, 0.25) is 0 Å². The van der Waals surface area contributed by atoms with Crippen molar-refractivity contribution in [2.45, 2.75) is 0 Å². The van der Waals surface area contributed by atoms with Crippen molar-refractivity contribution in [1.82, 2.24) is 29.4 Å². The van der Waals surface area contributed by atoms with Gasteiger partial charge in [-0.25, -0.2) is 0 Å². The van der Waals surface area contributed by atoms with Crippen LogP contribution in [0.5, 0.6) is 0 Å². The number of nitrogens with zero attached hydrogens (tertiary/aromatic N) is 6. The summed E-state index contributed by atoms with van der Waals surface area (Å²) in [6.07, 6.45) is 0. The van der Waals surface area contributed by atoms with Crippen molar-refractivity contribution < 1.29 is 49.5 Å². The Labute approximate surface area is 227 Å². The van der Waals surface area contributed by atoms with Crippen molar-refractivity contribution in [2.75, 3.05) is 118 Å². The molecule has 1 aliphatic rings. The van der Waals surface area contributed by atoms with Crippen LogP contribution in [0.25, 0.3) is 0 Å². The molecule has 1 fully saturated rings.